The largest absolute Gasteiger partial charge is 0.496 e. The van der Waals surface area contributed by atoms with Gasteiger partial charge in [-0.3, -0.25) is 4.79 Å². The molecule has 0 bridgehead atoms. The highest BCUT2D eigenvalue weighted by atomic mass is 16.5. The number of Topliss-reactive ketones (excluding diaryl/α,β-unsaturated/α-hetero) is 1. The summed E-state index contributed by atoms with van der Waals surface area (Å²) in [5.74, 6) is 0.888. The van der Waals surface area contributed by atoms with Gasteiger partial charge < -0.3 is 14.7 Å². The first-order valence-corrected chi connectivity index (χ1v) is 5.05. The summed E-state index contributed by atoms with van der Waals surface area (Å²) in [5.41, 5.74) is 0.744. The van der Waals surface area contributed by atoms with Crippen molar-refractivity contribution in [1.82, 2.24) is 0 Å². The maximum atomic E-state index is 11.2. The van der Waals surface area contributed by atoms with E-state index < -0.39 is 0 Å². The maximum absolute atomic E-state index is 11.2. The zero-order chi connectivity index (χ0) is 12.8. The molecule has 92 valence electrons. The minimum absolute atomic E-state index is 0.0628. The summed E-state index contributed by atoms with van der Waals surface area (Å²) >= 11 is 0. The molecule has 1 aromatic rings. The van der Waals surface area contributed by atoms with E-state index in [1.807, 2.05) is 0 Å². The minimum Gasteiger partial charge on any atom is -0.496 e. The molecule has 0 spiro atoms. The van der Waals surface area contributed by atoms with Crippen molar-refractivity contribution >= 4 is 11.5 Å². The fourth-order valence-corrected chi connectivity index (χ4v) is 1.50. The number of ether oxygens (including phenoxy) is 2. The van der Waals surface area contributed by atoms with Crippen LogP contribution in [-0.4, -0.2) is 30.9 Å². The number of carbonyl (C=O) groups is 1. The van der Waals surface area contributed by atoms with Crippen LogP contribution in [0.4, 0.5) is 0 Å². The van der Waals surface area contributed by atoms with Crippen molar-refractivity contribution in [3.63, 3.8) is 0 Å². The molecule has 5 heteroatoms. The summed E-state index contributed by atoms with van der Waals surface area (Å²) in [6, 6.07) is 5.30. The fourth-order valence-electron chi connectivity index (χ4n) is 1.50. The second kappa shape index (κ2) is 5.89. The lowest BCUT2D eigenvalue weighted by Gasteiger charge is -2.12. The van der Waals surface area contributed by atoms with E-state index in [9.17, 15) is 4.79 Å². The van der Waals surface area contributed by atoms with Crippen molar-refractivity contribution in [2.24, 2.45) is 5.16 Å². The van der Waals surface area contributed by atoms with Crippen LogP contribution in [0.2, 0.25) is 0 Å². The lowest BCUT2D eigenvalue weighted by atomic mass is 10.0. The Morgan fingerprint density at radius 3 is 2.18 bits per heavy atom. The van der Waals surface area contributed by atoms with Gasteiger partial charge in [-0.25, -0.2) is 0 Å². The van der Waals surface area contributed by atoms with Crippen molar-refractivity contribution in [2.75, 3.05) is 14.2 Å². The summed E-state index contributed by atoms with van der Waals surface area (Å²) < 4.78 is 10.4. The summed E-state index contributed by atoms with van der Waals surface area (Å²) in [5, 5.41) is 11.8. The van der Waals surface area contributed by atoms with Gasteiger partial charge in [0, 0.05) is 18.9 Å². The van der Waals surface area contributed by atoms with Crippen molar-refractivity contribution in [3.05, 3.63) is 23.8 Å². The number of carbonyl (C=O) groups excluding carboxylic acids is 1. The number of nitrogens with zero attached hydrogens (tertiary/aromatic N) is 1. The smallest absolute Gasteiger partial charge is 0.177 e. The van der Waals surface area contributed by atoms with Crippen LogP contribution in [0.3, 0.4) is 0 Å². The van der Waals surface area contributed by atoms with E-state index >= 15 is 0 Å². The number of oxime groups is 1. The molecule has 1 N–H and O–H groups in total. The third-order valence-electron chi connectivity index (χ3n) is 2.40. The van der Waals surface area contributed by atoms with Crippen LogP contribution in [0.25, 0.3) is 0 Å². The lowest BCUT2D eigenvalue weighted by Crippen LogP contribution is -2.14. The van der Waals surface area contributed by atoms with Crippen LogP contribution >= 0.6 is 0 Å². The highest BCUT2D eigenvalue weighted by molar-refractivity contribution is 6.39. The first kappa shape index (κ1) is 13.0. The molecule has 0 aliphatic heterocycles. The highest BCUT2D eigenvalue weighted by Gasteiger charge is 2.15. The molecule has 1 rings (SSSR count). The molecule has 0 unspecified atom stereocenters. The number of hydrogen-bond donors (Lipinski definition) is 1. The minimum atomic E-state index is -0.291. The molecule has 17 heavy (non-hydrogen) atoms. The molecule has 0 heterocycles. The zero-order valence-corrected chi connectivity index (χ0v) is 10.1. The van der Waals surface area contributed by atoms with Gasteiger partial charge in [-0.1, -0.05) is 11.2 Å². The molecule has 0 amide bonds. The van der Waals surface area contributed by atoms with Crippen LogP contribution in [-0.2, 0) is 11.2 Å². The van der Waals surface area contributed by atoms with Gasteiger partial charge in [-0.05, 0) is 12.1 Å². The number of methoxy groups -OCH3 is 2. The summed E-state index contributed by atoms with van der Waals surface area (Å²) in [7, 11) is 3.06. The third kappa shape index (κ3) is 2.96. The molecule has 0 atom stereocenters. The topological polar surface area (TPSA) is 68.1 Å². The molecule has 0 saturated carbocycles. The average molecular weight is 237 g/mol. The first-order chi connectivity index (χ1) is 8.13. The Bertz CT molecular complexity index is 418. The molecular weight excluding hydrogens is 222 g/mol. The van der Waals surface area contributed by atoms with Gasteiger partial charge >= 0.3 is 0 Å². The van der Waals surface area contributed by atoms with Gasteiger partial charge in [0.05, 0.1) is 14.2 Å². The van der Waals surface area contributed by atoms with Crippen molar-refractivity contribution in [1.29, 1.82) is 0 Å². The van der Waals surface area contributed by atoms with Crippen LogP contribution in [0.15, 0.2) is 23.4 Å². The maximum Gasteiger partial charge on any atom is 0.177 e. The molecule has 0 saturated heterocycles. The number of hydrogen-bond acceptors (Lipinski definition) is 5. The molecule has 0 aliphatic carbocycles. The number of benzene rings is 1. The lowest BCUT2D eigenvalue weighted by molar-refractivity contribution is -0.111. The van der Waals surface area contributed by atoms with Crippen LogP contribution in [0, 0.1) is 0 Å². The molecule has 0 aromatic heterocycles. The van der Waals surface area contributed by atoms with Gasteiger partial charge in [0.2, 0.25) is 0 Å². The summed E-state index contributed by atoms with van der Waals surface area (Å²) in [6.45, 7) is 1.34. The number of ketones is 1. The molecule has 0 aliphatic rings. The first-order valence-electron chi connectivity index (χ1n) is 5.05. The van der Waals surface area contributed by atoms with Crippen molar-refractivity contribution in [2.45, 2.75) is 13.3 Å². The SMILES string of the molecule is COc1cccc(OC)c1C/C(=N/O)C(C)=O. The molecule has 1 aromatic carbocycles. The Morgan fingerprint density at radius 2 is 1.82 bits per heavy atom. The predicted octanol–water partition coefficient (Wildman–Crippen LogP) is 1.67. The zero-order valence-electron chi connectivity index (χ0n) is 10.1. The van der Waals surface area contributed by atoms with E-state index in [-0.39, 0.29) is 17.9 Å². The Kier molecular flexibility index (Phi) is 4.51. The van der Waals surface area contributed by atoms with E-state index in [4.69, 9.17) is 14.7 Å². The van der Waals surface area contributed by atoms with Crippen LogP contribution < -0.4 is 9.47 Å². The predicted molar refractivity (Wildman–Crippen MR) is 63.2 cm³/mol. The van der Waals surface area contributed by atoms with Gasteiger partial charge in [-0.15, -0.1) is 0 Å². The van der Waals surface area contributed by atoms with E-state index in [0.717, 1.165) is 0 Å². The van der Waals surface area contributed by atoms with Crippen LogP contribution in [0.5, 0.6) is 11.5 Å². The van der Waals surface area contributed by atoms with E-state index in [0.29, 0.717) is 17.1 Å². The van der Waals surface area contributed by atoms with Gasteiger partial charge in [0.15, 0.2) is 5.78 Å². The number of rotatable bonds is 5. The monoisotopic (exact) mass is 237 g/mol. The summed E-state index contributed by atoms with van der Waals surface area (Å²) in [4.78, 5) is 11.2. The quantitative estimate of drug-likeness (QED) is 0.480. The molecular formula is C12H15NO4. The standard InChI is InChI=1S/C12H15NO4/c1-8(14)10(13-15)7-9-11(16-2)5-4-6-12(9)17-3/h4-6,15H,7H2,1-3H3/b13-10-. The summed E-state index contributed by atoms with van der Waals surface area (Å²) in [6.07, 6.45) is 0.166. The van der Waals surface area contributed by atoms with E-state index in [1.54, 1.807) is 18.2 Å². The molecule has 0 fully saturated rings. The average Bonchev–Trinajstić information content (AvgIpc) is 2.35. The van der Waals surface area contributed by atoms with Gasteiger partial charge in [0.25, 0.3) is 0 Å². The Hall–Kier alpha value is -2.04. The van der Waals surface area contributed by atoms with E-state index in [2.05, 4.69) is 5.16 Å². The fraction of sp³-hybridized carbons (Fsp3) is 0.333. The second-order valence-corrected chi connectivity index (χ2v) is 3.42. The van der Waals surface area contributed by atoms with E-state index in [1.165, 1.54) is 21.1 Å². The third-order valence-corrected chi connectivity index (χ3v) is 2.40. The Morgan fingerprint density at radius 1 is 1.29 bits per heavy atom. The Labute approximate surface area is 99.7 Å². The van der Waals surface area contributed by atoms with Gasteiger partial charge in [0.1, 0.15) is 17.2 Å². The Balaban J connectivity index is 3.15. The van der Waals surface area contributed by atoms with Crippen molar-refractivity contribution < 1.29 is 19.5 Å². The van der Waals surface area contributed by atoms with Crippen molar-refractivity contribution in [3.8, 4) is 11.5 Å². The highest BCUT2D eigenvalue weighted by Crippen LogP contribution is 2.28. The second-order valence-electron chi connectivity index (χ2n) is 3.42. The van der Waals surface area contributed by atoms with Crippen LogP contribution in [0.1, 0.15) is 12.5 Å². The van der Waals surface area contributed by atoms with Gasteiger partial charge in [-0.2, -0.15) is 0 Å². The normalized spacial score (nSPS) is 11.1. The molecule has 0 radical (unpaired) electrons. The molecule has 5 nitrogen and oxygen atoms in total.